The fourth-order valence-corrected chi connectivity index (χ4v) is 2.89. The van der Waals surface area contributed by atoms with Gasteiger partial charge < -0.3 is 0 Å². The lowest BCUT2D eigenvalue weighted by atomic mass is 9.83. The molecule has 130 valence electrons. The first-order valence-corrected chi connectivity index (χ1v) is 8.72. The molecule has 0 N–H and O–H groups in total. The zero-order chi connectivity index (χ0) is 18.7. The minimum absolute atomic E-state index is 0.111. The van der Waals surface area contributed by atoms with Crippen molar-refractivity contribution in [2.45, 2.75) is 26.2 Å². The van der Waals surface area contributed by atoms with Crippen LogP contribution in [0.2, 0.25) is 0 Å². The van der Waals surface area contributed by atoms with E-state index in [4.69, 9.17) is 0 Å². The van der Waals surface area contributed by atoms with Crippen LogP contribution in [0.5, 0.6) is 0 Å². The van der Waals surface area contributed by atoms with Gasteiger partial charge in [-0.3, -0.25) is 9.59 Å². The summed E-state index contributed by atoms with van der Waals surface area (Å²) in [6.45, 7) is 6.29. The van der Waals surface area contributed by atoms with Crippen molar-refractivity contribution in [1.29, 1.82) is 0 Å². The average molecular weight is 342 g/mol. The van der Waals surface area contributed by atoms with E-state index in [2.05, 4.69) is 20.8 Å². The molecule has 0 heterocycles. The van der Waals surface area contributed by atoms with E-state index in [1.807, 2.05) is 48.5 Å². The van der Waals surface area contributed by atoms with Crippen molar-refractivity contribution in [1.82, 2.24) is 0 Å². The number of ketones is 2. The minimum atomic E-state index is -0.134. The highest BCUT2D eigenvalue weighted by Crippen LogP contribution is 2.27. The van der Waals surface area contributed by atoms with E-state index in [0.29, 0.717) is 22.3 Å². The molecule has 2 heteroatoms. The third kappa shape index (κ3) is 3.65. The van der Waals surface area contributed by atoms with E-state index in [0.717, 1.165) is 5.56 Å². The van der Waals surface area contributed by atoms with Gasteiger partial charge in [0.25, 0.3) is 0 Å². The second-order valence-electron chi connectivity index (χ2n) is 7.40. The zero-order valence-electron chi connectivity index (χ0n) is 15.3. The van der Waals surface area contributed by atoms with Crippen molar-refractivity contribution in [2.24, 2.45) is 0 Å². The fraction of sp³-hybridized carbons (Fsp3) is 0.167. The van der Waals surface area contributed by atoms with E-state index < -0.39 is 0 Å². The molecule has 0 aromatic heterocycles. The molecule has 0 saturated carbocycles. The summed E-state index contributed by atoms with van der Waals surface area (Å²) in [6, 6.07) is 23.8. The molecule has 0 bridgehead atoms. The zero-order valence-corrected chi connectivity index (χ0v) is 15.3. The Hall–Kier alpha value is -3.00. The molecule has 0 amide bonds. The van der Waals surface area contributed by atoms with Gasteiger partial charge in [-0.15, -0.1) is 0 Å². The molecule has 0 aliphatic heterocycles. The molecule has 3 aromatic carbocycles. The first-order valence-electron chi connectivity index (χ1n) is 8.72. The summed E-state index contributed by atoms with van der Waals surface area (Å²) in [4.78, 5) is 26.1. The quantitative estimate of drug-likeness (QED) is 0.591. The first kappa shape index (κ1) is 17.8. The summed E-state index contributed by atoms with van der Waals surface area (Å²) >= 11 is 0. The molecular formula is C24H22O2. The Morgan fingerprint density at radius 3 is 1.54 bits per heavy atom. The van der Waals surface area contributed by atoms with Crippen LogP contribution in [0.3, 0.4) is 0 Å². The minimum Gasteiger partial charge on any atom is -0.289 e. The molecule has 26 heavy (non-hydrogen) atoms. The highest BCUT2D eigenvalue weighted by atomic mass is 16.1. The van der Waals surface area contributed by atoms with Crippen molar-refractivity contribution in [3.05, 3.63) is 107 Å². The maximum absolute atomic E-state index is 13.1. The van der Waals surface area contributed by atoms with Crippen LogP contribution in [-0.4, -0.2) is 11.6 Å². The van der Waals surface area contributed by atoms with Gasteiger partial charge in [0.1, 0.15) is 0 Å². The number of benzene rings is 3. The number of hydrogen-bond donors (Lipinski definition) is 0. The SMILES string of the molecule is CC(C)(C)c1ccc(C(=O)c2ccccc2)c(C(=O)c2ccccc2)c1. The number of carbonyl (C=O) groups is 2. The maximum Gasteiger partial charge on any atom is 0.193 e. The maximum atomic E-state index is 13.1. The van der Waals surface area contributed by atoms with E-state index in [1.54, 1.807) is 30.3 Å². The number of hydrogen-bond acceptors (Lipinski definition) is 2. The molecule has 0 atom stereocenters. The van der Waals surface area contributed by atoms with Crippen LogP contribution < -0.4 is 0 Å². The molecule has 2 nitrogen and oxygen atoms in total. The molecule has 0 saturated heterocycles. The van der Waals surface area contributed by atoms with Gasteiger partial charge in [0.2, 0.25) is 0 Å². The number of rotatable bonds is 4. The van der Waals surface area contributed by atoms with E-state index in [9.17, 15) is 9.59 Å². The third-order valence-electron chi connectivity index (χ3n) is 4.45. The van der Waals surface area contributed by atoms with Gasteiger partial charge in [-0.1, -0.05) is 87.5 Å². The van der Waals surface area contributed by atoms with Crippen molar-refractivity contribution in [3.8, 4) is 0 Å². The molecule has 0 fully saturated rings. The lowest BCUT2D eigenvalue weighted by molar-refractivity contribution is 0.100. The van der Waals surface area contributed by atoms with Crippen LogP contribution in [0, 0.1) is 0 Å². The van der Waals surface area contributed by atoms with Gasteiger partial charge in [-0.05, 0) is 23.1 Å². The van der Waals surface area contributed by atoms with Gasteiger partial charge in [-0.2, -0.15) is 0 Å². The fourth-order valence-electron chi connectivity index (χ4n) is 2.89. The van der Waals surface area contributed by atoms with Crippen molar-refractivity contribution in [2.75, 3.05) is 0 Å². The predicted molar refractivity (Wildman–Crippen MR) is 105 cm³/mol. The van der Waals surface area contributed by atoms with E-state index in [-0.39, 0.29) is 17.0 Å². The molecular weight excluding hydrogens is 320 g/mol. The second-order valence-corrected chi connectivity index (χ2v) is 7.40. The molecule has 0 unspecified atom stereocenters. The van der Waals surface area contributed by atoms with E-state index >= 15 is 0 Å². The van der Waals surface area contributed by atoms with E-state index in [1.165, 1.54) is 0 Å². The average Bonchev–Trinajstić information content (AvgIpc) is 2.67. The number of carbonyl (C=O) groups excluding carboxylic acids is 2. The largest absolute Gasteiger partial charge is 0.289 e. The lowest BCUT2D eigenvalue weighted by Crippen LogP contribution is -2.16. The van der Waals surface area contributed by atoms with Gasteiger partial charge in [-0.25, -0.2) is 0 Å². The summed E-state index contributed by atoms with van der Waals surface area (Å²) in [7, 11) is 0. The third-order valence-corrected chi connectivity index (χ3v) is 4.45. The van der Waals surface area contributed by atoms with Crippen molar-refractivity contribution >= 4 is 11.6 Å². The van der Waals surface area contributed by atoms with Gasteiger partial charge >= 0.3 is 0 Å². The molecule has 0 radical (unpaired) electrons. The van der Waals surface area contributed by atoms with Gasteiger partial charge in [0.05, 0.1) is 0 Å². The van der Waals surface area contributed by atoms with Crippen molar-refractivity contribution < 1.29 is 9.59 Å². The molecule has 0 aliphatic rings. The summed E-state index contributed by atoms with van der Waals surface area (Å²) in [5.74, 6) is -0.263. The van der Waals surface area contributed by atoms with Crippen LogP contribution in [0.25, 0.3) is 0 Å². The molecule has 0 spiro atoms. The normalized spacial score (nSPS) is 11.2. The summed E-state index contributed by atoms with van der Waals surface area (Å²) in [5.41, 5.74) is 2.98. The highest BCUT2D eigenvalue weighted by molar-refractivity contribution is 6.19. The monoisotopic (exact) mass is 342 g/mol. The van der Waals surface area contributed by atoms with Crippen LogP contribution >= 0.6 is 0 Å². The van der Waals surface area contributed by atoms with Gasteiger partial charge in [0, 0.05) is 22.3 Å². The Kier molecular flexibility index (Phi) is 4.85. The Balaban J connectivity index is 2.15. The lowest BCUT2D eigenvalue weighted by Gasteiger charge is -2.21. The van der Waals surface area contributed by atoms with Crippen LogP contribution in [0.1, 0.15) is 58.2 Å². The first-order chi connectivity index (χ1) is 12.4. The van der Waals surface area contributed by atoms with Crippen LogP contribution in [-0.2, 0) is 5.41 Å². The summed E-state index contributed by atoms with van der Waals surface area (Å²) < 4.78 is 0. The highest BCUT2D eigenvalue weighted by Gasteiger charge is 2.23. The Labute approximate surface area is 154 Å². The predicted octanol–water partition coefficient (Wildman–Crippen LogP) is 5.45. The topological polar surface area (TPSA) is 34.1 Å². The standard InChI is InChI=1S/C24H22O2/c1-24(2,3)19-14-15-20(22(25)17-10-6-4-7-11-17)21(16-19)23(26)18-12-8-5-9-13-18/h4-16H,1-3H3. The van der Waals surface area contributed by atoms with Crippen LogP contribution in [0.15, 0.2) is 78.9 Å². The Bertz CT molecular complexity index is 933. The smallest absolute Gasteiger partial charge is 0.193 e. The summed E-state index contributed by atoms with van der Waals surface area (Å²) in [6.07, 6.45) is 0. The Morgan fingerprint density at radius 1 is 0.615 bits per heavy atom. The van der Waals surface area contributed by atoms with Crippen LogP contribution in [0.4, 0.5) is 0 Å². The van der Waals surface area contributed by atoms with Gasteiger partial charge in [0.15, 0.2) is 11.6 Å². The molecule has 0 aliphatic carbocycles. The second kappa shape index (κ2) is 7.09. The molecule has 3 aromatic rings. The Morgan fingerprint density at radius 2 is 1.08 bits per heavy atom. The summed E-state index contributed by atoms with van der Waals surface area (Å²) in [5, 5.41) is 0. The van der Waals surface area contributed by atoms with Crippen molar-refractivity contribution in [3.63, 3.8) is 0 Å². The molecule has 3 rings (SSSR count).